The highest BCUT2D eigenvalue weighted by atomic mass is 32.2. The molecule has 1 saturated heterocycles. The Labute approximate surface area is 129 Å². The average Bonchev–Trinajstić information content (AvgIpc) is 3.01. The largest absolute Gasteiger partial charge is 0.330 e. The Morgan fingerprint density at radius 1 is 1.24 bits per heavy atom. The van der Waals surface area contributed by atoms with Gasteiger partial charge in [0.25, 0.3) is 10.2 Å². The van der Waals surface area contributed by atoms with Gasteiger partial charge in [-0.05, 0) is 45.2 Å². The van der Waals surface area contributed by atoms with Gasteiger partial charge >= 0.3 is 0 Å². The maximum Gasteiger partial charge on any atom is 0.279 e. The molecular weight excluding hydrogens is 288 g/mol. The second-order valence-electron chi connectivity index (χ2n) is 6.42. The highest BCUT2D eigenvalue weighted by Crippen LogP contribution is 2.22. The Morgan fingerprint density at radius 2 is 1.95 bits per heavy atom. The number of piperidine rings is 1. The third-order valence-electron chi connectivity index (χ3n) is 4.85. The van der Waals surface area contributed by atoms with E-state index in [2.05, 4.69) is 16.7 Å². The number of likely N-dealkylation sites (N-methyl/N-ethyl adjacent to an activating group) is 1. The van der Waals surface area contributed by atoms with Crippen molar-refractivity contribution in [2.75, 3.05) is 39.8 Å². The van der Waals surface area contributed by atoms with Crippen molar-refractivity contribution in [3.63, 3.8) is 0 Å². The van der Waals surface area contributed by atoms with Crippen molar-refractivity contribution < 1.29 is 8.42 Å². The van der Waals surface area contributed by atoms with Crippen LogP contribution in [0.5, 0.6) is 0 Å². The Morgan fingerprint density at radius 3 is 2.62 bits per heavy atom. The molecule has 2 aliphatic rings. The van der Waals surface area contributed by atoms with E-state index >= 15 is 0 Å². The fourth-order valence-corrected chi connectivity index (χ4v) is 4.72. The van der Waals surface area contributed by atoms with E-state index < -0.39 is 10.2 Å². The second-order valence-corrected chi connectivity index (χ2v) is 8.18. The third-order valence-corrected chi connectivity index (χ3v) is 6.43. The van der Waals surface area contributed by atoms with Crippen molar-refractivity contribution >= 4 is 10.2 Å². The Kier molecular flexibility index (Phi) is 6.43. The molecule has 1 saturated carbocycles. The van der Waals surface area contributed by atoms with Crippen molar-refractivity contribution in [2.45, 2.75) is 44.6 Å². The first kappa shape index (κ1) is 17.1. The lowest BCUT2D eigenvalue weighted by Crippen LogP contribution is -2.48. The second kappa shape index (κ2) is 7.87. The molecule has 1 aliphatic carbocycles. The summed E-state index contributed by atoms with van der Waals surface area (Å²) in [4.78, 5) is 2.29. The topological polar surface area (TPSA) is 78.7 Å². The standard InChI is InChI=1S/C14H30N4O2S/c1-17(14-6-2-3-7-14)10-8-16-21(19,20)18-9-4-5-13(11-15)12-18/h13-14,16H,2-12,15H2,1H3. The van der Waals surface area contributed by atoms with Crippen molar-refractivity contribution in [1.82, 2.24) is 13.9 Å². The molecule has 0 aromatic carbocycles. The van der Waals surface area contributed by atoms with Crippen LogP contribution in [-0.2, 0) is 10.2 Å². The van der Waals surface area contributed by atoms with Gasteiger partial charge in [0.2, 0.25) is 0 Å². The molecule has 1 heterocycles. The Bertz CT molecular complexity index is 409. The van der Waals surface area contributed by atoms with Crippen LogP contribution in [0.3, 0.4) is 0 Å². The third kappa shape index (κ3) is 4.89. The van der Waals surface area contributed by atoms with Gasteiger partial charge in [-0.3, -0.25) is 0 Å². The van der Waals surface area contributed by atoms with Crippen molar-refractivity contribution in [1.29, 1.82) is 0 Å². The van der Waals surface area contributed by atoms with Crippen LogP contribution in [0.15, 0.2) is 0 Å². The van der Waals surface area contributed by atoms with Gasteiger partial charge in [0.05, 0.1) is 0 Å². The van der Waals surface area contributed by atoms with E-state index in [-0.39, 0.29) is 0 Å². The minimum atomic E-state index is -3.34. The van der Waals surface area contributed by atoms with E-state index in [1.54, 1.807) is 4.31 Å². The molecule has 0 aromatic heterocycles. The first-order valence-electron chi connectivity index (χ1n) is 8.18. The van der Waals surface area contributed by atoms with Gasteiger partial charge in [0.15, 0.2) is 0 Å². The monoisotopic (exact) mass is 318 g/mol. The van der Waals surface area contributed by atoms with Gasteiger partial charge in [-0.25, -0.2) is 4.72 Å². The van der Waals surface area contributed by atoms with Crippen molar-refractivity contribution in [2.24, 2.45) is 11.7 Å². The molecule has 1 atom stereocenters. The smallest absolute Gasteiger partial charge is 0.279 e. The molecule has 7 heteroatoms. The van der Waals surface area contributed by atoms with Crippen LogP contribution in [0, 0.1) is 5.92 Å². The van der Waals surface area contributed by atoms with E-state index in [0.717, 1.165) is 19.4 Å². The van der Waals surface area contributed by atoms with Gasteiger partial charge in [0, 0.05) is 32.2 Å². The summed E-state index contributed by atoms with van der Waals surface area (Å²) in [5.41, 5.74) is 5.67. The van der Waals surface area contributed by atoms with Crippen LogP contribution in [-0.4, -0.2) is 63.4 Å². The molecule has 0 spiro atoms. The number of nitrogens with one attached hydrogen (secondary N) is 1. The molecule has 0 bridgehead atoms. The Hall–Kier alpha value is -0.210. The summed E-state index contributed by atoms with van der Waals surface area (Å²) >= 11 is 0. The highest BCUT2D eigenvalue weighted by Gasteiger charge is 2.28. The molecule has 0 aromatic rings. The summed E-state index contributed by atoms with van der Waals surface area (Å²) in [6.07, 6.45) is 7.03. The summed E-state index contributed by atoms with van der Waals surface area (Å²) in [5.74, 6) is 0.302. The van der Waals surface area contributed by atoms with Crippen LogP contribution in [0.1, 0.15) is 38.5 Å². The molecule has 0 radical (unpaired) electrons. The zero-order chi connectivity index (χ0) is 15.3. The summed E-state index contributed by atoms with van der Waals surface area (Å²) in [6, 6.07) is 0.631. The molecular formula is C14H30N4O2S. The molecule has 1 unspecified atom stereocenters. The SMILES string of the molecule is CN(CCNS(=O)(=O)N1CCCC(CN)C1)C1CCCC1. The highest BCUT2D eigenvalue weighted by molar-refractivity contribution is 7.87. The lowest BCUT2D eigenvalue weighted by Gasteiger charge is -2.31. The van der Waals surface area contributed by atoms with Gasteiger partial charge in [-0.1, -0.05) is 12.8 Å². The maximum atomic E-state index is 12.3. The summed E-state index contributed by atoms with van der Waals surface area (Å²) in [5, 5.41) is 0. The number of nitrogens with two attached hydrogens (primary N) is 1. The summed E-state index contributed by atoms with van der Waals surface area (Å²) < 4.78 is 28.9. The summed E-state index contributed by atoms with van der Waals surface area (Å²) in [7, 11) is -1.25. The first-order chi connectivity index (χ1) is 10.0. The van der Waals surface area contributed by atoms with Crippen LogP contribution in [0.25, 0.3) is 0 Å². The van der Waals surface area contributed by atoms with Crippen LogP contribution in [0.2, 0.25) is 0 Å². The van der Waals surface area contributed by atoms with Gasteiger partial charge in [0.1, 0.15) is 0 Å². The minimum Gasteiger partial charge on any atom is -0.330 e. The minimum absolute atomic E-state index is 0.302. The number of rotatable bonds is 7. The van der Waals surface area contributed by atoms with E-state index in [9.17, 15) is 8.42 Å². The van der Waals surface area contributed by atoms with Crippen LogP contribution < -0.4 is 10.5 Å². The van der Waals surface area contributed by atoms with E-state index in [0.29, 0.717) is 38.1 Å². The fourth-order valence-electron chi connectivity index (χ4n) is 3.41. The van der Waals surface area contributed by atoms with Gasteiger partial charge < -0.3 is 10.6 Å². The van der Waals surface area contributed by atoms with Crippen LogP contribution >= 0.6 is 0 Å². The van der Waals surface area contributed by atoms with E-state index in [1.807, 2.05) is 0 Å². The number of hydrogen-bond acceptors (Lipinski definition) is 4. The zero-order valence-electron chi connectivity index (χ0n) is 13.1. The van der Waals surface area contributed by atoms with Crippen molar-refractivity contribution in [3.05, 3.63) is 0 Å². The predicted molar refractivity (Wildman–Crippen MR) is 85.2 cm³/mol. The average molecular weight is 318 g/mol. The lowest BCUT2D eigenvalue weighted by atomic mass is 10.0. The van der Waals surface area contributed by atoms with Crippen molar-refractivity contribution in [3.8, 4) is 0 Å². The van der Waals surface area contributed by atoms with E-state index in [4.69, 9.17) is 5.73 Å². The quantitative estimate of drug-likeness (QED) is 0.711. The van der Waals surface area contributed by atoms with Gasteiger partial charge in [-0.15, -0.1) is 0 Å². The van der Waals surface area contributed by atoms with E-state index in [1.165, 1.54) is 25.7 Å². The first-order valence-corrected chi connectivity index (χ1v) is 9.62. The van der Waals surface area contributed by atoms with Crippen LogP contribution in [0.4, 0.5) is 0 Å². The number of hydrogen-bond donors (Lipinski definition) is 2. The molecule has 0 amide bonds. The van der Waals surface area contributed by atoms with Gasteiger partial charge in [-0.2, -0.15) is 12.7 Å². The molecule has 21 heavy (non-hydrogen) atoms. The normalized spacial score (nSPS) is 25.8. The molecule has 2 rings (SSSR count). The summed E-state index contributed by atoms with van der Waals surface area (Å²) in [6.45, 7) is 3.00. The number of nitrogens with zero attached hydrogens (tertiary/aromatic N) is 2. The fraction of sp³-hybridized carbons (Fsp3) is 1.00. The molecule has 1 aliphatic heterocycles. The molecule has 6 nitrogen and oxygen atoms in total. The maximum absolute atomic E-state index is 12.3. The molecule has 2 fully saturated rings. The lowest BCUT2D eigenvalue weighted by molar-refractivity contribution is 0.245. The Balaban J connectivity index is 1.75. The molecule has 124 valence electrons. The predicted octanol–water partition coefficient (Wildman–Crippen LogP) is 0.366. The molecule has 3 N–H and O–H groups in total. The zero-order valence-corrected chi connectivity index (χ0v) is 13.9.